The molecule has 2 N–H and O–H groups in total. The molecule has 1 heteroatoms. The van der Waals surface area contributed by atoms with Crippen molar-refractivity contribution in [2.24, 2.45) is 71.0 Å². The van der Waals surface area contributed by atoms with Crippen LogP contribution in [0.25, 0.3) is 0 Å². The Kier molecular flexibility index (Phi) is 0.965. The van der Waals surface area contributed by atoms with Crippen LogP contribution in [0.15, 0.2) is 18.2 Å². The molecule has 1 aromatic carbocycles. The second kappa shape index (κ2) is 2.20. The van der Waals surface area contributed by atoms with Gasteiger partial charge < -0.3 is 5.73 Å². The van der Waals surface area contributed by atoms with Crippen molar-refractivity contribution in [1.82, 2.24) is 0 Å². The largest absolute Gasteiger partial charge is 0.398 e. The summed E-state index contributed by atoms with van der Waals surface area (Å²) in [7, 11) is 0. The number of hydrogen-bond acceptors (Lipinski definition) is 1. The lowest BCUT2D eigenvalue weighted by atomic mass is 9.54. The van der Waals surface area contributed by atoms with Crippen LogP contribution >= 0.6 is 0 Å². The summed E-state index contributed by atoms with van der Waals surface area (Å²) in [6.07, 6.45) is 0. The zero-order valence-electron chi connectivity index (χ0n) is 11.9. The molecule has 0 amide bonds. The lowest BCUT2D eigenvalue weighted by Gasteiger charge is -2.50. The Morgan fingerprint density at radius 2 is 1.05 bits per heavy atom. The van der Waals surface area contributed by atoms with Crippen molar-refractivity contribution in [2.75, 3.05) is 5.73 Å². The van der Waals surface area contributed by atoms with E-state index in [0.717, 1.165) is 64.9 Å². The van der Waals surface area contributed by atoms with Gasteiger partial charge in [0.25, 0.3) is 0 Å². The number of nitrogen functional groups attached to an aromatic ring is 1. The van der Waals surface area contributed by atoms with Crippen molar-refractivity contribution in [3.63, 3.8) is 0 Å². The van der Waals surface area contributed by atoms with Crippen molar-refractivity contribution in [3.05, 3.63) is 29.3 Å². The molecule has 104 valence electrons. The van der Waals surface area contributed by atoms with E-state index in [9.17, 15) is 0 Å². The molecular formula is C20H19N. The standard InChI is InChI=1S/C20H19N/c21-6-3-4-1-2-5(6)8-11-9-7(4)10-13-12(8)17-16(11)19-14(9)15(10)20(19)18(13)17/h1-3,7-20H,21H2/t7-,8-,9+,10?,11-,12-,13?,14+,15?,16+,17-,18+,19-,20+/m1/s1. The van der Waals surface area contributed by atoms with Gasteiger partial charge in [0.15, 0.2) is 0 Å². The van der Waals surface area contributed by atoms with Gasteiger partial charge in [0.1, 0.15) is 0 Å². The molecule has 1 aromatic rings. The first kappa shape index (κ1) is 9.22. The Balaban J connectivity index is 1.53. The maximum absolute atomic E-state index is 6.53. The Morgan fingerprint density at radius 1 is 0.571 bits per heavy atom. The average molecular weight is 273 g/mol. The van der Waals surface area contributed by atoms with Gasteiger partial charge in [0.2, 0.25) is 0 Å². The third-order valence-electron chi connectivity index (χ3n) is 10.6. The molecule has 0 saturated heterocycles. The number of fused-ring (bicyclic) bond motifs is 4. The second-order valence-corrected chi connectivity index (χ2v) is 9.87. The molecule has 0 aliphatic heterocycles. The monoisotopic (exact) mass is 273 g/mol. The summed E-state index contributed by atoms with van der Waals surface area (Å²) in [5, 5.41) is 0. The zero-order chi connectivity index (χ0) is 12.9. The van der Waals surface area contributed by atoms with E-state index < -0.39 is 0 Å². The summed E-state index contributed by atoms with van der Waals surface area (Å²) in [4.78, 5) is 0. The van der Waals surface area contributed by atoms with Crippen LogP contribution in [0.4, 0.5) is 5.69 Å². The Bertz CT molecular complexity index is 797. The summed E-state index contributed by atoms with van der Waals surface area (Å²) in [6.45, 7) is 0. The minimum atomic E-state index is 0.876. The normalized spacial score (nSPS) is 75.8. The average Bonchev–Trinajstić information content (AvgIpc) is 3.02. The van der Waals surface area contributed by atoms with E-state index in [1.54, 1.807) is 11.1 Å². The van der Waals surface area contributed by atoms with E-state index in [1.165, 1.54) is 23.7 Å². The first-order chi connectivity index (χ1) is 10.4. The fourth-order valence-electron chi connectivity index (χ4n) is 11.3. The lowest BCUT2D eigenvalue weighted by Crippen LogP contribution is -2.46. The molecule has 0 heterocycles. The topological polar surface area (TPSA) is 26.0 Å². The quantitative estimate of drug-likeness (QED) is 0.723. The van der Waals surface area contributed by atoms with Crippen LogP contribution in [-0.2, 0) is 0 Å². The minimum absolute atomic E-state index is 0.876. The summed E-state index contributed by atoms with van der Waals surface area (Å²) < 4.78 is 0. The molecule has 10 rings (SSSR count). The highest BCUT2D eigenvalue weighted by molar-refractivity contribution is 5.58. The van der Waals surface area contributed by atoms with Crippen molar-refractivity contribution in [3.8, 4) is 0 Å². The van der Waals surface area contributed by atoms with Gasteiger partial charge in [-0.15, -0.1) is 0 Å². The van der Waals surface area contributed by atoms with Crippen LogP contribution in [-0.4, -0.2) is 0 Å². The molecular weight excluding hydrogens is 254 g/mol. The van der Waals surface area contributed by atoms with Crippen molar-refractivity contribution in [2.45, 2.75) is 11.8 Å². The molecule has 14 atom stereocenters. The lowest BCUT2D eigenvalue weighted by molar-refractivity contribution is -0.0168. The van der Waals surface area contributed by atoms with E-state index >= 15 is 0 Å². The number of hydrogen-bond donors (Lipinski definition) is 1. The SMILES string of the molecule is Nc1cc2ccc1[C@H]1[C@@H]3C4C5C6[C@H]7[C@@H]4[C@H]3[C@H]3[C@H]7[C@H]6[C@H]([C@@H]13)[C@@H]25. The fourth-order valence-corrected chi connectivity index (χ4v) is 11.3. The maximum Gasteiger partial charge on any atom is 0.0352 e. The number of nitrogens with two attached hydrogens (primary N) is 1. The third kappa shape index (κ3) is 0.551. The fraction of sp³-hybridized carbons (Fsp3) is 0.700. The van der Waals surface area contributed by atoms with Gasteiger partial charge in [-0.05, 0) is 100 Å². The van der Waals surface area contributed by atoms with Crippen molar-refractivity contribution >= 4 is 5.69 Å². The van der Waals surface area contributed by atoms with Gasteiger partial charge in [-0.3, -0.25) is 0 Å². The van der Waals surface area contributed by atoms with Gasteiger partial charge >= 0.3 is 0 Å². The Hall–Kier alpha value is -0.980. The van der Waals surface area contributed by atoms with E-state index in [4.69, 9.17) is 5.73 Å². The van der Waals surface area contributed by atoms with Gasteiger partial charge in [0.05, 0.1) is 0 Å². The smallest absolute Gasteiger partial charge is 0.0352 e. The number of benzene rings is 1. The van der Waals surface area contributed by atoms with Crippen molar-refractivity contribution in [1.29, 1.82) is 0 Å². The van der Waals surface area contributed by atoms with E-state index in [1.807, 2.05) is 0 Å². The van der Waals surface area contributed by atoms with Crippen LogP contribution in [0.3, 0.4) is 0 Å². The highest BCUT2D eigenvalue weighted by Gasteiger charge is 2.92. The summed E-state index contributed by atoms with van der Waals surface area (Å²) in [5.41, 5.74) is 10.9. The van der Waals surface area contributed by atoms with E-state index in [-0.39, 0.29) is 0 Å². The number of rotatable bonds is 0. The molecule has 3 unspecified atom stereocenters. The minimum Gasteiger partial charge on any atom is -0.398 e. The Labute approximate surface area is 124 Å². The van der Waals surface area contributed by atoms with Crippen LogP contribution < -0.4 is 5.73 Å². The van der Waals surface area contributed by atoms with Crippen LogP contribution in [0.5, 0.6) is 0 Å². The van der Waals surface area contributed by atoms with E-state index in [2.05, 4.69) is 18.2 Å². The molecule has 0 aromatic heterocycles. The molecule has 1 nitrogen and oxygen atoms in total. The molecule has 9 aliphatic rings. The van der Waals surface area contributed by atoms with Gasteiger partial charge in [-0.2, -0.15) is 0 Å². The second-order valence-electron chi connectivity index (χ2n) is 9.87. The van der Waals surface area contributed by atoms with Crippen molar-refractivity contribution < 1.29 is 0 Å². The van der Waals surface area contributed by atoms with Crippen LogP contribution in [0.2, 0.25) is 0 Å². The molecule has 0 spiro atoms. The molecule has 2 bridgehead atoms. The summed E-state index contributed by atoms with van der Waals surface area (Å²) >= 11 is 0. The highest BCUT2D eigenvalue weighted by atomic mass is 15.0. The zero-order valence-corrected chi connectivity index (χ0v) is 11.9. The molecule has 7 fully saturated rings. The Morgan fingerprint density at radius 3 is 1.71 bits per heavy atom. The predicted molar refractivity (Wildman–Crippen MR) is 78.2 cm³/mol. The molecule has 9 aliphatic carbocycles. The van der Waals surface area contributed by atoms with Gasteiger partial charge in [-0.1, -0.05) is 12.1 Å². The molecule has 0 radical (unpaired) electrons. The van der Waals surface area contributed by atoms with E-state index in [0.29, 0.717) is 0 Å². The number of anilines is 1. The maximum atomic E-state index is 6.53. The van der Waals surface area contributed by atoms with Crippen LogP contribution in [0, 0.1) is 71.0 Å². The first-order valence-electron chi connectivity index (χ1n) is 9.27. The first-order valence-corrected chi connectivity index (χ1v) is 9.27. The predicted octanol–water partition coefficient (Wildman–Crippen LogP) is 2.94. The molecule has 21 heavy (non-hydrogen) atoms. The van der Waals surface area contributed by atoms with Gasteiger partial charge in [-0.25, -0.2) is 0 Å². The highest BCUT2D eigenvalue weighted by Crippen LogP contribution is 2.97. The third-order valence-corrected chi connectivity index (χ3v) is 10.6. The summed E-state index contributed by atoms with van der Waals surface area (Å²) in [6, 6.07) is 7.35. The van der Waals surface area contributed by atoms with Crippen LogP contribution in [0.1, 0.15) is 23.0 Å². The molecule has 7 saturated carbocycles. The van der Waals surface area contributed by atoms with Gasteiger partial charge in [0, 0.05) is 5.69 Å². The summed E-state index contributed by atoms with van der Waals surface area (Å²) in [5.74, 6) is 15.4.